The van der Waals surface area contributed by atoms with Gasteiger partial charge in [-0.05, 0) is 47.6 Å². The van der Waals surface area contributed by atoms with Gasteiger partial charge in [-0.2, -0.15) is 0 Å². The molecule has 3 aromatic rings. The molecule has 0 aliphatic carbocycles. The van der Waals surface area contributed by atoms with Gasteiger partial charge in [0.15, 0.2) is 11.6 Å². The van der Waals surface area contributed by atoms with Crippen molar-refractivity contribution in [2.45, 2.75) is 38.7 Å². The van der Waals surface area contributed by atoms with Crippen LogP contribution in [0.4, 0.5) is 13.2 Å². The second-order valence-electron chi connectivity index (χ2n) is 7.52. The molecule has 0 bridgehead atoms. The third kappa shape index (κ3) is 4.38. The van der Waals surface area contributed by atoms with Gasteiger partial charge in [0, 0.05) is 11.1 Å². The smallest absolute Gasteiger partial charge is 0.167 e. The Bertz CT molecular complexity index is 1010. The van der Waals surface area contributed by atoms with Crippen molar-refractivity contribution in [3.8, 4) is 11.1 Å². The third-order valence-electron chi connectivity index (χ3n) is 5.40. The molecule has 0 spiro atoms. The average molecular weight is 396 g/mol. The van der Waals surface area contributed by atoms with Gasteiger partial charge < -0.3 is 4.74 Å². The lowest BCUT2D eigenvalue weighted by Crippen LogP contribution is -1.97. The zero-order valence-electron chi connectivity index (χ0n) is 16.4. The van der Waals surface area contributed by atoms with E-state index in [9.17, 15) is 13.2 Å². The summed E-state index contributed by atoms with van der Waals surface area (Å²) >= 11 is 0. The van der Waals surface area contributed by atoms with Crippen LogP contribution in [0.25, 0.3) is 11.1 Å². The van der Waals surface area contributed by atoms with Crippen LogP contribution in [0.5, 0.6) is 0 Å². The second kappa shape index (κ2) is 8.42. The Labute approximate surface area is 169 Å². The first-order valence-electron chi connectivity index (χ1n) is 10.0. The minimum absolute atomic E-state index is 0.141. The molecule has 1 fully saturated rings. The highest BCUT2D eigenvalue weighted by Gasteiger charge is 2.30. The molecule has 4 rings (SSSR count). The number of hydrogen-bond donors (Lipinski definition) is 0. The predicted molar refractivity (Wildman–Crippen MR) is 108 cm³/mol. The first kappa shape index (κ1) is 19.7. The van der Waals surface area contributed by atoms with Gasteiger partial charge in [-0.15, -0.1) is 0 Å². The molecule has 0 N–H and O–H groups in total. The van der Waals surface area contributed by atoms with E-state index in [-0.39, 0.29) is 23.0 Å². The summed E-state index contributed by atoms with van der Waals surface area (Å²) in [6.07, 6.45) is 2.83. The van der Waals surface area contributed by atoms with Crippen molar-refractivity contribution < 1.29 is 17.9 Å². The van der Waals surface area contributed by atoms with E-state index in [1.807, 2.05) is 31.2 Å². The van der Waals surface area contributed by atoms with E-state index >= 15 is 0 Å². The number of epoxide rings is 1. The average Bonchev–Trinajstić information content (AvgIpc) is 3.56. The Morgan fingerprint density at radius 3 is 2.17 bits per heavy atom. The fraction of sp³-hybridized carbons (Fsp3) is 0.280. The van der Waals surface area contributed by atoms with E-state index in [0.717, 1.165) is 42.4 Å². The predicted octanol–water partition coefficient (Wildman–Crippen LogP) is 6.58. The van der Waals surface area contributed by atoms with Crippen molar-refractivity contribution >= 4 is 0 Å². The molecule has 1 heterocycles. The van der Waals surface area contributed by atoms with E-state index < -0.39 is 11.6 Å². The fourth-order valence-electron chi connectivity index (χ4n) is 3.62. The molecule has 1 saturated heterocycles. The van der Waals surface area contributed by atoms with Crippen LogP contribution in [0, 0.1) is 17.5 Å². The lowest BCUT2D eigenvalue weighted by atomic mass is 9.98. The van der Waals surface area contributed by atoms with Crippen molar-refractivity contribution in [2.24, 2.45) is 0 Å². The van der Waals surface area contributed by atoms with E-state index in [0.29, 0.717) is 12.2 Å². The Kier molecular flexibility index (Phi) is 5.72. The molecular weight excluding hydrogens is 373 g/mol. The number of halogens is 3. The molecule has 0 amide bonds. The maximum Gasteiger partial charge on any atom is 0.167 e. The van der Waals surface area contributed by atoms with E-state index in [2.05, 4.69) is 0 Å². The topological polar surface area (TPSA) is 12.5 Å². The molecule has 1 nitrogen and oxygen atoms in total. The Balaban J connectivity index is 1.44. The van der Waals surface area contributed by atoms with Crippen molar-refractivity contribution in [3.05, 3.63) is 94.3 Å². The normalized spacial score (nSPS) is 15.5. The molecule has 1 unspecified atom stereocenters. The lowest BCUT2D eigenvalue weighted by Gasteiger charge is -2.09. The van der Waals surface area contributed by atoms with Gasteiger partial charge in [0.25, 0.3) is 0 Å². The second-order valence-corrected chi connectivity index (χ2v) is 7.52. The molecule has 150 valence electrons. The van der Waals surface area contributed by atoms with Crippen molar-refractivity contribution in [3.63, 3.8) is 0 Å². The minimum atomic E-state index is -0.839. The molecule has 1 atom stereocenters. The van der Waals surface area contributed by atoms with Crippen LogP contribution in [0.2, 0.25) is 0 Å². The Morgan fingerprint density at radius 2 is 1.52 bits per heavy atom. The van der Waals surface area contributed by atoms with E-state index in [1.165, 1.54) is 0 Å². The van der Waals surface area contributed by atoms with Crippen molar-refractivity contribution in [2.75, 3.05) is 6.61 Å². The molecule has 29 heavy (non-hydrogen) atoms. The maximum absolute atomic E-state index is 14.5. The largest absolute Gasteiger partial charge is 0.368 e. The van der Waals surface area contributed by atoms with Crippen molar-refractivity contribution in [1.82, 2.24) is 0 Å². The highest BCUT2D eigenvalue weighted by Crippen LogP contribution is 2.35. The summed E-state index contributed by atoms with van der Waals surface area (Å²) < 4.78 is 47.8. The zero-order valence-corrected chi connectivity index (χ0v) is 16.4. The first-order chi connectivity index (χ1) is 14.1. The molecule has 3 aromatic carbocycles. The van der Waals surface area contributed by atoms with Crippen LogP contribution in [-0.4, -0.2) is 6.61 Å². The summed E-state index contributed by atoms with van der Waals surface area (Å²) in [6.45, 7) is 2.47. The fourth-order valence-corrected chi connectivity index (χ4v) is 3.62. The SMILES string of the molecule is CCCc1ccc(CCc2ccc(-c3ccc(C4CO4)c(F)c3F)cc2)cc1F. The highest BCUT2D eigenvalue weighted by molar-refractivity contribution is 5.65. The third-order valence-corrected chi connectivity index (χ3v) is 5.40. The van der Waals surface area contributed by atoms with Gasteiger partial charge in [-0.25, -0.2) is 13.2 Å². The van der Waals surface area contributed by atoms with Gasteiger partial charge in [0.05, 0.1) is 6.61 Å². The van der Waals surface area contributed by atoms with Gasteiger partial charge in [0.2, 0.25) is 0 Å². The van der Waals surface area contributed by atoms with Crippen LogP contribution < -0.4 is 0 Å². The quantitative estimate of drug-likeness (QED) is 0.411. The Hall–Kier alpha value is -2.59. The van der Waals surface area contributed by atoms with Crippen LogP contribution in [0.15, 0.2) is 54.6 Å². The summed E-state index contributed by atoms with van der Waals surface area (Å²) in [5, 5.41) is 0. The summed E-state index contributed by atoms with van der Waals surface area (Å²) in [6, 6.07) is 16.1. The molecular formula is C25H23F3O. The summed E-state index contributed by atoms with van der Waals surface area (Å²) in [5.74, 6) is -1.81. The monoisotopic (exact) mass is 396 g/mol. The molecule has 4 heteroatoms. The van der Waals surface area contributed by atoms with E-state index in [4.69, 9.17) is 4.74 Å². The summed E-state index contributed by atoms with van der Waals surface area (Å²) in [7, 11) is 0. The van der Waals surface area contributed by atoms with Crippen LogP contribution in [0.1, 0.15) is 41.7 Å². The van der Waals surface area contributed by atoms with Gasteiger partial charge in [-0.3, -0.25) is 0 Å². The number of ether oxygens (including phenoxy) is 1. The van der Waals surface area contributed by atoms with Gasteiger partial charge in [0.1, 0.15) is 11.9 Å². The minimum Gasteiger partial charge on any atom is -0.368 e. The molecule has 0 radical (unpaired) electrons. The Morgan fingerprint density at radius 1 is 0.828 bits per heavy atom. The van der Waals surface area contributed by atoms with Crippen LogP contribution in [-0.2, 0) is 24.0 Å². The number of aryl methyl sites for hydroxylation is 3. The number of rotatable bonds is 7. The zero-order chi connectivity index (χ0) is 20.4. The van der Waals surface area contributed by atoms with E-state index in [1.54, 1.807) is 30.3 Å². The van der Waals surface area contributed by atoms with Crippen molar-refractivity contribution in [1.29, 1.82) is 0 Å². The van der Waals surface area contributed by atoms with Crippen LogP contribution >= 0.6 is 0 Å². The number of benzene rings is 3. The lowest BCUT2D eigenvalue weighted by molar-refractivity contribution is 0.401. The summed E-state index contributed by atoms with van der Waals surface area (Å²) in [4.78, 5) is 0. The highest BCUT2D eigenvalue weighted by atomic mass is 19.2. The van der Waals surface area contributed by atoms with Gasteiger partial charge in [-0.1, -0.05) is 61.9 Å². The molecule has 0 aromatic heterocycles. The molecule has 0 saturated carbocycles. The molecule has 1 aliphatic rings. The van der Waals surface area contributed by atoms with Crippen LogP contribution in [0.3, 0.4) is 0 Å². The standard InChI is InChI=1S/C25H23F3O/c1-2-3-19-11-8-17(14-22(19)26)5-4-16-6-9-18(10-7-16)20-12-13-21(23-15-29-23)25(28)24(20)27/h6-14,23H,2-5,15H2,1H3. The molecule has 1 aliphatic heterocycles. The number of hydrogen-bond acceptors (Lipinski definition) is 1. The van der Waals surface area contributed by atoms with Gasteiger partial charge >= 0.3 is 0 Å². The summed E-state index contributed by atoms with van der Waals surface area (Å²) in [5.41, 5.74) is 3.93. The first-order valence-corrected chi connectivity index (χ1v) is 10.0. The maximum atomic E-state index is 14.5.